The summed E-state index contributed by atoms with van der Waals surface area (Å²) in [6.07, 6.45) is 1.59. The summed E-state index contributed by atoms with van der Waals surface area (Å²) in [6, 6.07) is 4.48. The van der Waals surface area contributed by atoms with Gasteiger partial charge >= 0.3 is 0 Å². The maximum Gasteiger partial charge on any atom is 0.240 e. The smallest absolute Gasteiger partial charge is 0.240 e. The van der Waals surface area contributed by atoms with Crippen molar-refractivity contribution in [3.63, 3.8) is 0 Å². The lowest BCUT2D eigenvalue weighted by Gasteiger charge is -2.07. The normalized spacial score (nSPS) is 11.7. The van der Waals surface area contributed by atoms with Gasteiger partial charge in [-0.2, -0.15) is 5.10 Å². The van der Waals surface area contributed by atoms with Crippen LogP contribution in [0.15, 0.2) is 33.8 Å². The van der Waals surface area contributed by atoms with Gasteiger partial charge < -0.3 is 5.73 Å². The average molecular weight is 345 g/mol. The summed E-state index contributed by atoms with van der Waals surface area (Å²) in [5.74, 6) is 0. The minimum Gasteiger partial charge on any atom is -0.398 e. The number of nitrogens with two attached hydrogens (primary N) is 1. The first-order valence-electron chi connectivity index (χ1n) is 5.43. The number of H-pyrrole nitrogens is 1. The Morgan fingerprint density at radius 3 is 2.79 bits per heavy atom. The molecule has 0 radical (unpaired) electrons. The number of halogens is 1. The highest BCUT2D eigenvalue weighted by atomic mass is 79.9. The van der Waals surface area contributed by atoms with Crippen LogP contribution in [0.4, 0.5) is 5.69 Å². The maximum absolute atomic E-state index is 12.1. The highest BCUT2D eigenvalue weighted by Gasteiger charge is 2.15. The summed E-state index contributed by atoms with van der Waals surface area (Å²) >= 11 is 3.21. The van der Waals surface area contributed by atoms with E-state index >= 15 is 0 Å². The number of nitrogens with one attached hydrogen (secondary N) is 2. The van der Waals surface area contributed by atoms with Gasteiger partial charge in [0, 0.05) is 28.0 Å². The van der Waals surface area contributed by atoms with E-state index in [1.165, 1.54) is 12.1 Å². The van der Waals surface area contributed by atoms with Crippen molar-refractivity contribution in [2.24, 2.45) is 0 Å². The number of aromatic nitrogens is 2. The van der Waals surface area contributed by atoms with Gasteiger partial charge in [0.05, 0.1) is 11.1 Å². The number of rotatable bonds is 4. The summed E-state index contributed by atoms with van der Waals surface area (Å²) in [7, 11) is -3.57. The Labute approximate surface area is 119 Å². The van der Waals surface area contributed by atoms with E-state index in [4.69, 9.17) is 5.73 Å². The quantitative estimate of drug-likeness (QED) is 0.732. The molecule has 0 atom stereocenters. The third kappa shape index (κ3) is 3.14. The van der Waals surface area contributed by atoms with E-state index in [0.29, 0.717) is 10.2 Å². The molecule has 0 aliphatic heterocycles. The SMILES string of the molecule is Cc1[nH]ncc1CNS(=O)(=O)c1ccc(N)c(Br)c1. The Hall–Kier alpha value is -1.38. The van der Waals surface area contributed by atoms with E-state index in [1.807, 2.05) is 6.92 Å². The van der Waals surface area contributed by atoms with Crippen LogP contribution in [0.1, 0.15) is 11.3 Å². The van der Waals surface area contributed by atoms with Gasteiger partial charge in [0.15, 0.2) is 0 Å². The molecule has 2 aromatic rings. The number of nitrogens with zero attached hydrogens (tertiary/aromatic N) is 1. The molecular weight excluding hydrogens is 332 g/mol. The monoisotopic (exact) mass is 344 g/mol. The molecule has 0 amide bonds. The molecule has 1 aromatic carbocycles. The molecule has 8 heteroatoms. The van der Waals surface area contributed by atoms with Gasteiger partial charge in [-0.3, -0.25) is 5.10 Å². The molecule has 0 spiro atoms. The van der Waals surface area contributed by atoms with E-state index in [1.54, 1.807) is 12.3 Å². The molecule has 0 saturated carbocycles. The van der Waals surface area contributed by atoms with Gasteiger partial charge in [-0.15, -0.1) is 0 Å². The van der Waals surface area contributed by atoms with E-state index in [9.17, 15) is 8.42 Å². The fourth-order valence-electron chi connectivity index (χ4n) is 1.48. The largest absolute Gasteiger partial charge is 0.398 e. The van der Waals surface area contributed by atoms with Crippen molar-refractivity contribution in [3.05, 3.63) is 40.1 Å². The van der Waals surface area contributed by atoms with E-state index in [2.05, 4.69) is 30.8 Å². The molecule has 19 heavy (non-hydrogen) atoms. The molecule has 6 nitrogen and oxygen atoms in total. The van der Waals surface area contributed by atoms with Crippen molar-refractivity contribution in [2.75, 3.05) is 5.73 Å². The highest BCUT2D eigenvalue weighted by Crippen LogP contribution is 2.23. The number of aryl methyl sites for hydroxylation is 1. The lowest BCUT2D eigenvalue weighted by atomic mass is 10.3. The maximum atomic E-state index is 12.1. The number of hydrogen-bond donors (Lipinski definition) is 3. The summed E-state index contributed by atoms with van der Waals surface area (Å²) in [5.41, 5.74) is 7.76. The van der Waals surface area contributed by atoms with Gasteiger partial charge in [-0.25, -0.2) is 13.1 Å². The van der Waals surface area contributed by atoms with Crippen LogP contribution in [0.25, 0.3) is 0 Å². The van der Waals surface area contributed by atoms with E-state index in [0.717, 1.165) is 11.3 Å². The van der Waals surface area contributed by atoms with Crippen LogP contribution < -0.4 is 10.5 Å². The fraction of sp³-hybridized carbons (Fsp3) is 0.182. The number of aromatic amines is 1. The van der Waals surface area contributed by atoms with Crippen LogP contribution >= 0.6 is 15.9 Å². The summed E-state index contributed by atoms with van der Waals surface area (Å²) in [5, 5.41) is 6.59. The number of anilines is 1. The Morgan fingerprint density at radius 2 is 2.21 bits per heavy atom. The zero-order valence-corrected chi connectivity index (χ0v) is 12.5. The van der Waals surface area contributed by atoms with Gasteiger partial charge in [0.25, 0.3) is 0 Å². The molecule has 2 rings (SSSR count). The van der Waals surface area contributed by atoms with Crippen molar-refractivity contribution in [3.8, 4) is 0 Å². The second kappa shape index (κ2) is 5.32. The first-order chi connectivity index (χ1) is 8.90. The van der Waals surface area contributed by atoms with Crippen LogP contribution in [-0.2, 0) is 16.6 Å². The van der Waals surface area contributed by atoms with Gasteiger partial charge in [-0.1, -0.05) is 0 Å². The van der Waals surface area contributed by atoms with Crippen molar-refractivity contribution in [1.82, 2.24) is 14.9 Å². The van der Waals surface area contributed by atoms with E-state index < -0.39 is 10.0 Å². The lowest BCUT2D eigenvalue weighted by Crippen LogP contribution is -2.23. The molecule has 0 fully saturated rings. The predicted molar refractivity (Wildman–Crippen MR) is 75.9 cm³/mol. The van der Waals surface area contributed by atoms with Crippen molar-refractivity contribution in [2.45, 2.75) is 18.4 Å². The Kier molecular flexibility index (Phi) is 3.93. The van der Waals surface area contributed by atoms with Crippen LogP contribution in [-0.4, -0.2) is 18.6 Å². The molecule has 102 valence electrons. The van der Waals surface area contributed by atoms with Gasteiger partial charge in [-0.05, 0) is 41.1 Å². The Balaban J connectivity index is 2.18. The summed E-state index contributed by atoms with van der Waals surface area (Å²) < 4.78 is 27.3. The Morgan fingerprint density at radius 1 is 1.47 bits per heavy atom. The van der Waals surface area contributed by atoms with E-state index in [-0.39, 0.29) is 11.4 Å². The molecule has 0 saturated heterocycles. The minimum absolute atomic E-state index is 0.162. The Bertz CT molecular complexity index is 696. The minimum atomic E-state index is -3.57. The molecule has 0 unspecified atom stereocenters. The summed E-state index contributed by atoms with van der Waals surface area (Å²) in [4.78, 5) is 0.162. The zero-order chi connectivity index (χ0) is 14.0. The molecule has 1 heterocycles. The summed E-state index contributed by atoms with van der Waals surface area (Å²) in [6.45, 7) is 2.02. The first kappa shape index (κ1) is 14.0. The molecule has 0 aliphatic rings. The molecular formula is C11H13BrN4O2S. The topological polar surface area (TPSA) is 101 Å². The predicted octanol–water partition coefficient (Wildman–Crippen LogP) is 1.54. The average Bonchev–Trinajstić information content (AvgIpc) is 2.76. The fourth-order valence-corrected chi connectivity index (χ4v) is 3.05. The third-order valence-electron chi connectivity index (χ3n) is 2.67. The molecule has 0 aliphatic carbocycles. The van der Waals surface area contributed by atoms with Gasteiger partial charge in [0.2, 0.25) is 10.0 Å². The number of nitrogen functional groups attached to an aromatic ring is 1. The standard InChI is InChI=1S/C11H13BrN4O2S/c1-7-8(5-14-16-7)6-15-19(17,18)9-2-3-11(13)10(12)4-9/h2-5,15H,6,13H2,1H3,(H,14,16). The van der Waals surface area contributed by atoms with Gasteiger partial charge in [0.1, 0.15) is 0 Å². The highest BCUT2D eigenvalue weighted by molar-refractivity contribution is 9.10. The van der Waals surface area contributed by atoms with Crippen LogP contribution in [0.2, 0.25) is 0 Å². The number of sulfonamides is 1. The molecule has 0 bridgehead atoms. The second-order valence-electron chi connectivity index (χ2n) is 4.03. The zero-order valence-electron chi connectivity index (χ0n) is 10.1. The third-order valence-corrected chi connectivity index (χ3v) is 4.75. The number of benzene rings is 1. The first-order valence-corrected chi connectivity index (χ1v) is 7.71. The van der Waals surface area contributed by atoms with Crippen molar-refractivity contribution in [1.29, 1.82) is 0 Å². The van der Waals surface area contributed by atoms with Crippen LogP contribution in [0.3, 0.4) is 0 Å². The van der Waals surface area contributed by atoms with Crippen molar-refractivity contribution < 1.29 is 8.42 Å². The molecule has 1 aromatic heterocycles. The van der Waals surface area contributed by atoms with Crippen molar-refractivity contribution >= 4 is 31.6 Å². The number of hydrogen-bond acceptors (Lipinski definition) is 4. The molecule has 4 N–H and O–H groups in total. The van der Waals surface area contributed by atoms with Crippen LogP contribution in [0, 0.1) is 6.92 Å². The second-order valence-corrected chi connectivity index (χ2v) is 6.65. The lowest BCUT2D eigenvalue weighted by molar-refractivity contribution is 0.581. The van der Waals surface area contributed by atoms with Crippen LogP contribution in [0.5, 0.6) is 0 Å².